The van der Waals surface area contributed by atoms with Gasteiger partial charge in [0, 0.05) is 18.7 Å². The Morgan fingerprint density at radius 2 is 2.29 bits per heavy atom. The van der Waals surface area contributed by atoms with Crippen LogP contribution in [-0.4, -0.2) is 30.4 Å². The van der Waals surface area contributed by atoms with E-state index >= 15 is 0 Å². The molecule has 2 rings (SSSR count). The quantitative estimate of drug-likeness (QED) is 0.821. The normalized spacial score (nSPS) is 16.9. The summed E-state index contributed by atoms with van der Waals surface area (Å²) in [4.78, 5) is 0. The fraction of sp³-hybridized carbons (Fsp3) is 0.500. The van der Waals surface area contributed by atoms with Gasteiger partial charge in [0.05, 0.1) is 5.02 Å². The Morgan fingerprint density at radius 1 is 1.53 bits per heavy atom. The largest absolute Gasteiger partial charge is 0.491 e. The molecule has 2 N–H and O–H groups in total. The topological polar surface area (TPSA) is 41.5 Å². The van der Waals surface area contributed by atoms with Crippen LogP contribution in [0.1, 0.15) is 12.8 Å². The number of ether oxygens (including phenoxy) is 1. The molecular formula is C12H15ClFNO2. The van der Waals surface area contributed by atoms with Gasteiger partial charge in [-0.15, -0.1) is 0 Å². The first-order chi connectivity index (χ1) is 8.15. The average Bonchev–Trinajstić information content (AvgIpc) is 3.12. The van der Waals surface area contributed by atoms with Crippen LogP contribution < -0.4 is 10.1 Å². The summed E-state index contributed by atoms with van der Waals surface area (Å²) in [5.41, 5.74) is 0. The molecule has 1 aromatic rings. The van der Waals surface area contributed by atoms with Crippen LogP contribution in [0.5, 0.6) is 5.75 Å². The molecule has 0 aliphatic heterocycles. The molecule has 0 saturated heterocycles. The molecule has 0 radical (unpaired) electrons. The maximum absolute atomic E-state index is 13.1. The fourth-order valence-electron chi connectivity index (χ4n) is 1.41. The zero-order chi connectivity index (χ0) is 12.3. The Bertz CT molecular complexity index is 385. The Morgan fingerprint density at radius 3 is 2.94 bits per heavy atom. The van der Waals surface area contributed by atoms with Gasteiger partial charge in [-0.3, -0.25) is 0 Å². The first kappa shape index (κ1) is 12.6. The number of aliphatic hydroxyl groups is 1. The molecule has 1 aliphatic carbocycles. The van der Waals surface area contributed by atoms with Crippen LogP contribution in [0.2, 0.25) is 5.02 Å². The lowest BCUT2D eigenvalue weighted by Crippen LogP contribution is -2.32. The van der Waals surface area contributed by atoms with E-state index in [1.807, 2.05) is 0 Å². The minimum Gasteiger partial charge on any atom is -0.491 e. The summed E-state index contributed by atoms with van der Waals surface area (Å²) in [6.07, 6.45) is 1.76. The third kappa shape index (κ3) is 4.15. The Kier molecular flexibility index (Phi) is 4.20. The van der Waals surface area contributed by atoms with Crippen molar-refractivity contribution in [1.29, 1.82) is 0 Å². The molecular weight excluding hydrogens is 245 g/mol. The Hall–Kier alpha value is -0.840. The summed E-state index contributed by atoms with van der Waals surface area (Å²) in [7, 11) is 0. The van der Waals surface area contributed by atoms with E-state index in [-0.39, 0.29) is 11.6 Å². The highest BCUT2D eigenvalue weighted by molar-refractivity contribution is 6.30. The van der Waals surface area contributed by atoms with Gasteiger partial charge in [-0.1, -0.05) is 11.6 Å². The van der Waals surface area contributed by atoms with Crippen LogP contribution in [-0.2, 0) is 0 Å². The van der Waals surface area contributed by atoms with Crippen LogP contribution in [0.3, 0.4) is 0 Å². The van der Waals surface area contributed by atoms with E-state index in [1.165, 1.54) is 25.0 Å². The summed E-state index contributed by atoms with van der Waals surface area (Å²) in [6.45, 7) is 0.640. The van der Waals surface area contributed by atoms with Crippen molar-refractivity contribution in [2.24, 2.45) is 0 Å². The van der Waals surface area contributed by atoms with Gasteiger partial charge in [0.2, 0.25) is 0 Å². The molecule has 1 aromatic carbocycles. The molecule has 5 heteroatoms. The zero-order valence-electron chi connectivity index (χ0n) is 9.33. The van der Waals surface area contributed by atoms with Crippen molar-refractivity contribution in [3.8, 4) is 5.75 Å². The second-order valence-corrected chi connectivity index (χ2v) is 4.63. The lowest BCUT2D eigenvalue weighted by atomic mass is 10.3. The molecule has 3 nitrogen and oxygen atoms in total. The van der Waals surface area contributed by atoms with Crippen LogP contribution in [0, 0.1) is 5.82 Å². The standard InChI is InChI=1S/C12H15ClFNO2/c13-11-4-3-10(5-12(11)14)17-7-9(16)6-15-8-1-2-8/h3-5,8-9,15-16H,1-2,6-7H2. The van der Waals surface area contributed by atoms with Gasteiger partial charge in [0.25, 0.3) is 0 Å². The first-order valence-electron chi connectivity index (χ1n) is 5.64. The maximum atomic E-state index is 13.1. The molecule has 1 saturated carbocycles. The predicted octanol–water partition coefficient (Wildman–Crippen LogP) is 1.97. The van der Waals surface area contributed by atoms with Crippen molar-refractivity contribution in [1.82, 2.24) is 5.32 Å². The van der Waals surface area contributed by atoms with Crippen molar-refractivity contribution in [3.05, 3.63) is 29.0 Å². The minimum absolute atomic E-state index is 0.0632. The third-order valence-corrected chi connectivity index (χ3v) is 2.86. The van der Waals surface area contributed by atoms with Gasteiger partial charge >= 0.3 is 0 Å². The van der Waals surface area contributed by atoms with Gasteiger partial charge in [-0.25, -0.2) is 4.39 Å². The van der Waals surface area contributed by atoms with Crippen LogP contribution in [0.25, 0.3) is 0 Å². The molecule has 1 fully saturated rings. The zero-order valence-corrected chi connectivity index (χ0v) is 10.1. The summed E-state index contributed by atoms with van der Waals surface area (Å²) < 4.78 is 18.3. The van der Waals surface area contributed by atoms with Gasteiger partial charge in [-0.05, 0) is 25.0 Å². The van der Waals surface area contributed by atoms with Crippen molar-refractivity contribution in [3.63, 3.8) is 0 Å². The second kappa shape index (κ2) is 5.67. The number of hydrogen-bond acceptors (Lipinski definition) is 3. The molecule has 0 spiro atoms. The Balaban J connectivity index is 1.73. The number of halogens is 2. The number of nitrogens with one attached hydrogen (secondary N) is 1. The maximum Gasteiger partial charge on any atom is 0.145 e. The van der Waals surface area contributed by atoms with E-state index in [4.69, 9.17) is 16.3 Å². The molecule has 17 heavy (non-hydrogen) atoms. The molecule has 1 unspecified atom stereocenters. The van der Waals surface area contributed by atoms with Crippen molar-refractivity contribution in [2.45, 2.75) is 25.0 Å². The third-order valence-electron chi connectivity index (χ3n) is 2.55. The molecule has 1 atom stereocenters. The molecule has 0 aromatic heterocycles. The summed E-state index contributed by atoms with van der Waals surface area (Å²) in [5.74, 6) is -0.146. The summed E-state index contributed by atoms with van der Waals surface area (Å²) in [5, 5.41) is 12.9. The number of rotatable bonds is 6. The number of aliphatic hydroxyl groups excluding tert-OH is 1. The predicted molar refractivity (Wildman–Crippen MR) is 63.9 cm³/mol. The van der Waals surface area contributed by atoms with Gasteiger partial charge in [0.1, 0.15) is 24.3 Å². The van der Waals surface area contributed by atoms with E-state index in [0.29, 0.717) is 18.3 Å². The van der Waals surface area contributed by atoms with Crippen molar-refractivity contribution in [2.75, 3.05) is 13.2 Å². The molecule has 0 heterocycles. The summed E-state index contributed by atoms with van der Waals surface area (Å²) in [6, 6.07) is 4.77. The second-order valence-electron chi connectivity index (χ2n) is 4.22. The van der Waals surface area contributed by atoms with E-state index in [1.54, 1.807) is 6.07 Å². The monoisotopic (exact) mass is 259 g/mol. The van der Waals surface area contributed by atoms with Crippen molar-refractivity contribution >= 4 is 11.6 Å². The highest BCUT2D eigenvalue weighted by atomic mass is 35.5. The number of hydrogen-bond donors (Lipinski definition) is 2. The van der Waals surface area contributed by atoms with Crippen LogP contribution >= 0.6 is 11.6 Å². The lowest BCUT2D eigenvalue weighted by Gasteiger charge is -2.13. The molecule has 0 bridgehead atoms. The highest BCUT2D eigenvalue weighted by Crippen LogP contribution is 2.20. The molecule has 94 valence electrons. The number of benzene rings is 1. The van der Waals surface area contributed by atoms with E-state index < -0.39 is 11.9 Å². The van der Waals surface area contributed by atoms with E-state index in [2.05, 4.69) is 5.32 Å². The smallest absolute Gasteiger partial charge is 0.145 e. The van der Waals surface area contributed by atoms with E-state index in [9.17, 15) is 9.50 Å². The van der Waals surface area contributed by atoms with Gasteiger partial charge in [-0.2, -0.15) is 0 Å². The van der Waals surface area contributed by atoms with Crippen molar-refractivity contribution < 1.29 is 14.2 Å². The average molecular weight is 260 g/mol. The first-order valence-corrected chi connectivity index (χ1v) is 6.02. The molecule has 1 aliphatic rings. The minimum atomic E-state index is -0.589. The molecule has 0 amide bonds. The SMILES string of the molecule is OC(CNC1CC1)COc1ccc(Cl)c(F)c1. The van der Waals surface area contributed by atoms with Crippen LogP contribution in [0.4, 0.5) is 4.39 Å². The van der Waals surface area contributed by atoms with Crippen LogP contribution in [0.15, 0.2) is 18.2 Å². The Labute approximate surface area is 105 Å². The fourth-order valence-corrected chi connectivity index (χ4v) is 1.53. The highest BCUT2D eigenvalue weighted by Gasteiger charge is 2.21. The van der Waals surface area contributed by atoms with Gasteiger partial charge in [0.15, 0.2) is 0 Å². The lowest BCUT2D eigenvalue weighted by molar-refractivity contribution is 0.106. The summed E-state index contributed by atoms with van der Waals surface area (Å²) >= 11 is 5.54. The van der Waals surface area contributed by atoms with E-state index in [0.717, 1.165) is 0 Å². The van der Waals surface area contributed by atoms with Gasteiger partial charge < -0.3 is 15.2 Å².